The normalized spacial score (nSPS) is 10.5. The molecule has 106 valence electrons. The number of hydrogen-bond acceptors (Lipinski definition) is 4. The Morgan fingerprint density at radius 1 is 1.17 bits per heavy atom. The number of unbranched alkanes of at least 4 members (excludes halogenated alkanes) is 1. The highest BCUT2D eigenvalue weighted by Gasteiger charge is 2.11. The van der Waals surface area contributed by atoms with Gasteiger partial charge in [0.15, 0.2) is 0 Å². The molecule has 0 aliphatic heterocycles. The molecule has 0 aliphatic carbocycles. The minimum absolute atomic E-state index is 0.114. The number of hydrazine groups is 1. The number of carbonyl (C=O) groups is 2. The van der Waals surface area contributed by atoms with Gasteiger partial charge in [0.25, 0.3) is 0 Å². The summed E-state index contributed by atoms with van der Waals surface area (Å²) < 4.78 is 0. The number of carbonyl (C=O) groups excluding carboxylic acids is 2. The van der Waals surface area contributed by atoms with Crippen molar-refractivity contribution in [1.29, 1.82) is 0 Å². The molecule has 0 aromatic rings. The molecule has 0 spiro atoms. The highest BCUT2D eigenvalue weighted by atomic mass is 16.2. The molecular weight excluding hydrogens is 232 g/mol. The van der Waals surface area contributed by atoms with Gasteiger partial charge in [-0.2, -0.15) is 0 Å². The molecule has 2 amide bonds. The van der Waals surface area contributed by atoms with Gasteiger partial charge in [0, 0.05) is 20.5 Å². The number of hydrogen-bond donors (Lipinski definition) is 2. The second-order valence-electron chi connectivity index (χ2n) is 4.59. The van der Waals surface area contributed by atoms with Crippen LogP contribution in [0.3, 0.4) is 0 Å². The van der Waals surface area contributed by atoms with Crippen LogP contribution in [0.5, 0.6) is 0 Å². The topological polar surface area (TPSA) is 78.7 Å². The SMILES string of the molecule is CCCN(CCCCC(=O)NN)CC(=O)N(C)C. The maximum absolute atomic E-state index is 11.6. The van der Waals surface area contributed by atoms with Crippen LogP contribution in [0.1, 0.15) is 32.6 Å². The Bertz CT molecular complexity index is 256. The molecule has 0 aliphatic rings. The van der Waals surface area contributed by atoms with Crippen LogP contribution < -0.4 is 11.3 Å². The third-order valence-corrected chi connectivity index (χ3v) is 2.69. The van der Waals surface area contributed by atoms with Crippen molar-refractivity contribution in [2.24, 2.45) is 5.84 Å². The lowest BCUT2D eigenvalue weighted by atomic mass is 10.2. The number of amides is 2. The monoisotopic (exact) mass is 258 g/mol. The fraction of sp³-hybridized carbons (Fsp3) is 0.833. The van der Waals surface area contributed by atoms with E-state index in [2.05, 4.69) is 17.2 Å². The smallest absolute Gasteiger partial charge is 0.236 e. The zero-order valence-electron chi connectivity index (χ0n) is 11.7. The Kier molecular flexibility index (Phi) is 9.22. The van der Waals surface area contributed by atoms with Crippen molar-refractivity contribution in [2.45, 2.75) is 32.6 Å². The number of rotatable bonds is 9. The van der Waals surface area contributed by atoms with Crippen molar-refractivity contribution >= 4 is 11.8 Å². The van der Waals surface area contributed by atoms with Gasteiger partial charge in [0.2, 0.25) is 11.8 Å². The van der Waals surface area contributed by atoms with Gasteiger partial charge in [-0.15, -0.1) is 0 Å². The third-order valence-electron chi connectivity index (χ3n) is 2.69. The molecule has 0 aromatic carbocycles. The lowest BCUT2D eigenvalue weighted by molar-refractivity contribution is -0.130. The van der Waals surface area contributed by atoms with Crippen molar-refractivity contribution < 1.29 is 9.59 Å². The molecule has 0 heterocycles. The van der Waals surface area contributed by atoms with Crippen molar-refractivity contribution in [1.82, 2.24) is 15.2 Å². The third kappa shape index (κ3) is 8.03. The molecule has 0 fully saturated rings. The van der Waals surface area contributed by atoms with Crippen LogP contribution in [-0.2, 0) is 9.59 Å². The molecule has 18 heavy (non-hydrogen) atoms. The van der Waals surface area contributed by atoms with E-state index < -0.39 is 0 Å². The van der Waals surface area contributed by atoms with Crippen LogP contribution in [0.15, 0.2) is 0 Å². The molecule has 0 rings (SSSR count). The van der Waals surface area contributed by atoms with Gasteiger partial charge in [-0.25, -0.2) is 5.84 Å². The van der Waals surface area contributed by atoms with Gasteiger partial charge in [-0.3, -0.25) is 19.9 Å². The van der Waals surface area contributed by atoms with Crippen molar-refractivity contribution in [3.8, 4) is 0 Å². The van der Waals surface area contributed by atoms with E-state index >= 15 is 0 Å². The summed E-state index contributed by atoms with van der Waals surface area (Å²) in [4.78, 5) is 26.3. The van der Waals surface area contributed by atoms with Crippen LogP contribution in [0, 0.1) is 0 Å². The predicted octanol–water partition coefficient (Wildman–Crippen LogP) is -0.0532. The van der Waals surface area contributed by atoms with Gasteiger partial charge >= 0.3 is 0 Å². The quantitative estimate of drug-likeness (QED) is 0.263. The van der Waals surface area contributed by atoms with E-state index in [1.165, 1.54) is 0 Å². The van der Waals surface area contributed by atoms with Gasteiger partial charge in [-0.1, -0.05) is 6.92 Å². The maximum atomic E-state index is 11.6. The summed E-state index contributed by atoms with van der Waals surface area (Å²) in [5.41, 5.74) is 2.11. The number of nitrogens with one attached hydrogen (secondary N) is 1. The predicted molar refractivity (Wildman–Crippen MR) is 71.6 cm³/mol. The van der Waals surface area contributed by atoms with E-state index in [1.807, 2.05) is 0 Å². The average Bonchev–Trinajstić information content (AvgIpc) is 2.34. The lowest BCUT2D eigenvalue weighted by Crippen LogP contribution is -2.37. The Balaban J connectivity index is 3.89. The largest absolute Gasteiger partial charge is 0.348 e. The summed E-state index contributed by atoms with van der Waals surface area (Å²) >= 11 is 0. The van der Waals surface area contributed by atoms with E-state index in [4.69, 9.17) is 5.84 Å². The molecule has 0 saturated heterocycles. The molecule has 0 radical (unpaired) electrons. The van der Waals surface area contributed by atoms with Gasteiger partial charge in [-0.05, 0) is 32.4 Å². The summed E-state index contributed by atoms with van der Waals surface area (Å²) in [6, 6.07) is 0. The lowest BCUT2D eigenvalue weighted by Gasteiger charge is -2.22. The van der Waals surface area contributed by atoms with Crippen molar-refractivity contribution in [2.75, 3.05) is 33.7 Å². The Labute approximate surface area is 109 Å². The molecule has 0 saturated carbocycles. The molecule has 3 N–H and O–H groups in total. The van der Waals surface area contributed by atoms with E-state index in [0.717, 1.165) is 32.4 Å². The van der Waals surface area contributed by atoms with E-state index in [1.54, 1.807) is 19.0 Å². The first-order chi connectivity index (χ1) is 8.51. The molecule has 0 atom stereocenters. The van der Waals surface area contributed by atoms with E-state index in [0.29, 0.717) is 13.0 Å². The summed E-state index contributed by atoms with van der Waals surface area (Å²) in [7, 11) is 3.52. The molecule has 6 heteroatoms. The Hall–Kier alpha value is -1.14. The van der Waals surface area contributed by atoms with Gasteiger partial charge in [0.05, 0.1) is 6.54 Å². The molecule has 0 aromatic heterocycles. The highest BCUT2D eigenvalue weighted by Crippen LogP contribution is 2.01. The second-order valence-corrected chi connectivity index (χ2v) is 4.59. The minimum Gasteiger partial charge on any atom is -0.348 e. The first-order valence-corrected chi connectivity index (χ1v) is 6.43. The summed E-state index contributed by atoms with van der Waals surface area (Å²) in [5.74, 6) is 4.98. The number of nitrogens with two attached hydrogens (primary N) is 1. The maximum Gasteiger partial charge on any atom is 0.236 e. The van der Waals surface area contributed by atoms with Crippen LogP contribution in [-0.4, -0.2) is 55.3 Å². The van der Waals surface area contributed by atoms with E-state index in [-0.39, 0.29) is 11.8 Å². The van der Waals surface area contributed by atoms with Crippen LogP contribution >= 0.6 is 0 Å². The fourth-order valence-electron chi connectivity index (χ4n) is 1.61. The first-order valence-electron chi connectivity index (χ1n) is 6.43. The summed E-state index contributed by atoms with van der Waals surface area (Å²) in [6.45, 7) is 4.28. The van der Waals surface area contributed by atoms with Crippen LogP contribution in [0.25, 0.3) is 0 Å². The fourth-order valence-corrected chi connectivity index (χ4v) is 1.61. The highest BCUT2D eigenvalue weighted by molar-refractivity contribution is 5.77. The standard InChI is InChI=1S/C12H26N4O2/c1-4-8-16(10-12(18)15(2)3)9-6-5-7-11(17)14-13/h4-10,13H2,1-3H3,(H,14,17). The zero-order valence-corrected chi connectivity index (χ0v) is 11.7. The van der Waals surface area contributed by atoms with Crippen molar-refractivity contribution in [3.05, 3.63) is 0 Å². The summed E-state index contributed by atoms with van der Waals surface area (Å²) in [5, 5.41) is 0. The van der Waals surface area contributed by atoms with E-state index in [9.17, 15) is 9.59 Å². The first kappa shape index (κ1) is 16.9. The molecular formula is C12H26N4O2. The second kappa shape index (κ2) is 9.85. The van der Waals surface area contributed by atoms with Crippen LogP contribution in [0.2, 0.25) is 0 Å². The van der Waals surface area contributed by atoms with Crippen molar-refractivity contribution in [3.63, 3.8) is 0 Å². The zero-order chi connectivity index (χ0) is 14.0. The number of nitrogens with zero attached hydrogens (tertiary/aromatic N) is 2. The molecule has 0 bridgehead atoms. The average molecular weight is 258 g/mol. The number of likely N-dealkylation sites (N-methyl/N-ethyl adjacent to an activating group) is 1. The van der Waals surface area contributed by atoms with Gasteiger partial charge in [0.1, 0.15) is 0 Å². The molecule has 6 nitrogen and oxygen atoms in total. The Morgan fingerprint density at radius 2 is 1.83 bits per heavy atom. The van der Waals surface area contributed by atoms with Crippen LogP contribution in [0.4, 0.5) is 0 Å². The Morgan fingerprint density at radius 3 is 2.33 bits per heavy atom. The van der Waals surface area contributed by atoms with Gasteiger partial charge < -0.3 is 4.90 Å². The molecule has 0 unspecified atom stereocenters. The summed E-state index contributed by atoms with van der Waals surface area (Å²) in [6.07, 6.45) is 3.15. The minimum atomic E-state index is -0.138.